The van der Waals surface area contributed by atoms with E-state index in [1.54, 1.807) is 0 Å². The summed E-state index contributed by atoms with van der Waals surface area (Å²) in [6, 6.07) is 14.3. The van der Waals surface area contributed by atoms with E-state index in [-0.39, 0.29) is 16.0 Å². The van der Waals surface area contributed by atoms with Crippen LogP contribution in [-0.4, -0.2) is 64.4 Å². The lowest BCUT2D eigenvalue weighted by Gasteiger charge is -2.36. The molecule has 0 saturated carbocycles. The van der Waals surface area contributed by atoms with Crippen molar-refractivity contribution in [2.24, 2.45) is 0 Å². The van der Waals surface area contributed by atoms with Gasteiger partial charge in [-0.3, -0.25) is 19.8 Å². The highest BCUT2D eigenvalue weighted by Gasteiger charge is 2.28. The van der Waals surface area contributed by atoms with Crippen molar-refractivity contribution >= 4 is 27.5 Å². The molecule has 2 aromatic carbocycles. The Morgan fingerprint density at radius 3 is 2.33 bits per heavy atom. The summed E-state index contributed by atoms with van der Waals surface area (Å²) >= 11 is 0. The number of nitrogens with one attached hydrogen (secondary N) is 2. The number of rotatable bonds is 7. The number of anilines is 1. The first kappa shape index (κ1) is 20.5. The van der Waals surface area contributed by atoms with Crippen LogP contribution in [0.25, 0.3) is 0 Å². The van der Waals surface area contributed by atoms with E-state index in [9.17, 15) is 18.0 Å². The molecule has 2 heterocycles. The Morgan fingerprint density at radius 1 is 0.900 bits per heavy atom. The second kappa shape index (κ2) is 8.55. The number of amides is 2. The first-order valence-corrected chi connectivity index (χ1v) is 11.4. The largest absolute Gasteiger partial charge is 0.369 e. The molecule has 2 aliphatic heterocycles. The molecule has 0 spiro atoms. The van der Waals surface area contributed by atoms with Crippen molar-refractivity contribution in [2.75, 3.05) is 44.2 Å². The van der Waals surface area contributed by atoms with E-state index in [4.69, 9.17) is 0 Å². The molecule has 0 atom stereocenters. The second-order valence-electron chi connectivity index (χ2n) is 7.41. The summed E-state index contributed by atoms with van der Waals surface area (Å²) < 4.78 is 27.6. The van der Waals surface area contributed by atoms with Gasteiger partial charge in [0.2, 0.25) is 10.0 Å². The fourth-order valence-electron chi connectivity index (χ4n) is 3.78. The zero-order chi connectivity index (χ0) is 21.1. The number of para-hydroxylation sites is 1. The van der Waals surface area contributed by atoms with E-state index < -0.39 is 21.8 Å². The number of imide groups is 1. The van der Waals surface area contributed by atoms with Crippen LogP contribution in [0.4, 0.5) is 5.69 Å². The summed E-state index contributed by atoms with van der Waals surface area (Å²) in [5.41, 5.74) is 1.53. The number of piperazine rings is 1. The Labute approximate surface area is 175 Å². The minimum Gasteiger partial charge on any atom is -0.369 e. The number of fused-ring (bicyclic) bond motifs is 1. The quantitative estimate of drug-likeness (QED) is 0.506. The zero-order valence-electron chi connectivity index (χ0n) is 16.5. The van der Waals surface area contributed by atoms with E-state index in [1.807, 2.05) is 18.2 Å². The van der Waals surface area contributed by atoms with E-state index >= 15 is 0 Å². The van der Waals surface area contributed by atoms with E-state index in [2.05, 4.69) is 32.0 Å². The normalized spacial score (nSPS) is 17.1. The SMILES string of the molecule is O=C1NC(=O)c2cc(S(=O)(=O)NCCCN3CCN(c4ccccc4)CC3)ccc21. The minimum atomic E-state index is -3.74. The Morgan fingerprint density at radius 2 is 1.60 bits per heavy atom. The zero-order valence-corrected chi connectivity index (χ0v) is 17.3. The molecular weight excluding hydrogens is 404 g/mol. The topological polar surface area (TPSA) is 98.8 Å². The lowest BCUT2D eigenvalue weighted by Crippen LogP contribution is -2.47. The molecule has 0 radical (unpaired) electrons. The van der Waals surface area contributed by atoms with Crippen LogP contribution in [0.5, 0.6) is 0 Å². The van der Waals surface area contributed by atoms with Crippen LogP contribution in [0.15, 0.2) is 53.4 Å². The molecule has 2 aromatic rings. The minimum absolute atomic E-state index is 0.0115. The fraction of sp³-hybridized carbons (Fsp3) is 0.333. The number of sulfonamides is 1. The Hall–Kier alpha value is -2.75. The standard InChI is InChI=1S/C21H24N4O4S/c26-20-18-8-7-17(15-19(18)21(27)23-20)30(28,29)22-9-4-10-24-11-13-25(14-12-24)16-5-2-1-3-6-16/h1-3,5-8,15,22H,4,9-14H2,(H,23,26,27). The van der Waals surface area contributed by atoms with Gasteiger partial charge < -0.3 is 4.90 Å². The molecule has 30 heavy (non-hydrogen) atoms. The maximum absolute atomic E-state index is 12.5. The summed E-state index contributed by atoms with van der Waals surface area (Å²) in [6.45, 7) is 4.90. The maximum Gasteiger partial charge on any atom is 0.258 e. The molecule has 1 saturated heterocycles. The van der Waals surface area contributed by atoms with Crippen LogP contribution in [0.2, 0.25) is 0 Å². The van der Waals surface area contributed by atoms with Crippen LogP contribution in [0.1, 0.15) is 27.1 Å². The predicted molar refractivity (Wildman–Crippen MR) is 113 cm³/mol. The van der Waals surface area contributed by atoms with Gasteiger partial charge >= 0.3 is 0 Å². The smallest absolute Gasteiger partial charge is 0.258 e. The Balaban J connectivity index is 1.24. The number of carbonyl (C=O) groups is 2. The molecule has 0 unspecified atom stereocenters. The van der Waals surface area contributed by atoms with Crippen molar-refractivity contribution in [3.8, 4) is 0 Å². The molecular formula is C21H24N4O4S. The third kappa shape index (κ3) is 4.38. The first-order chi connectivity index (χ1) is 14.4. The average Bonchev–Trinajstić information content (AvgIpc) is 3.05. The van der Waals surface area contributed by atoms with Gasteiger partial charge in [-0.25, -0.2) is 13.1 Å². The number of nitrogens with zero attached hydrogens (tertiary/aromatic N) is 2. The summed E-state index contributed by atoms with van der Waals surface area (Å²) in [6.07, 6.45) is 0.689. The number of hydrogen-bond acceptors (Lipinski definition) is 6. The molecule has 0 bridgehead atoms. The summed E-state index contributed by atoms with van der Waals surface area (Å²) in [5, 5.41) is 2.16. The van der Waals surface area contributed by atoms with Crippen LogP contribution in [0, 0.1) is 0 Å². The molecule has 2 aliphatic rings. The average molecular weight is 429 g/mol. The van der Waals surface area contributed by atoms with Gasteiger partial charge in [-0.05, 0) is 43.3 Å². The van der Waals surface area contributed by atoms with Gasteiger partial charge in [-0.1, -0.05) is 18.2 Å². The number of benzene rings is 2. The van der Waals surface area contributed by atoms with Crippen LogP contribution in [-0.2, 0) is 10.0 Å². The van der Waals surface area contributed by atoms with Crippen molar-refractivity contribution in [1.82, 2.24) is 14.9 Å². The van der Waals surface area contributed by atoms with E-state index in [0.29, 0.717) is 13.0 Å². The van der Waals surface area contributed by atoms with E-state index in [0.717, 1.165) is 32.7 Å². The number of hydrogen-bond donors (Lipinski definition) is 2. The van der Waals surface area contributed by atoms with Gasteiger partial charge in [0.05, 0.1) is 16.0 Å². The molecule has 9 heteroatoms. The van der Waals surface area contributed by atoms with Crippen LogP contribution in [0.3, 0.4) is 0 Å². The first-order valence-electron chi connectivity index (χ1n) is 9.96. The van der Waals surface area contributed by atoms with Gasteiger partial charge in [0.25, 0.3) is 11.8 Å². The van der Waals surface area contributed by atoms with Crippen LogP contribution < -0.4 is 14.9 Å². The monoisotopic (exact) mass is 428 g/mol. The van der Waals surface area contributed by atoms with Crippen molar-refractivity contribution in [3.05, 3.63) is 59.7 Å². The Kier molecular flexibility index (Phi) is 5.85. The molecule has 8 nitrogen and oxygen atoms in total. The second-order valence-corrected chi connectivity index (χ2v) is 9.17. The third-order valence-corrected chi connectivity index (χ3v) is 6.91. The lowest BCUT2D eigenvalue weighted by atomic mass is 10.1. The van der Waals surface area contributed by atoms with Crippen molar-refractivity contribution in [3.63, 3.8) is 0 Å². The van der Waals surface area contributed by atoms with Crippen molar-refractivity contribution in [2.45, 2.75) is 11.3 Å². The molecule has 158 valence electrons. The van der Waals surface area contributed by atoms with Gasteiger partial charge in [0.15, 0.2) is 0 Å². The Bertz CT molecular complexity index is 1050. The lowest BCUT2D eigenvalue weighted by molar-refractivity contribution is 0.0879. The highest BCUT2D eigenvalue weighted by molar-refractivity contribution is 7.89. The van der Waals surface area contributed by atoms with Crippen molar-refractivity contribution in [1.29, 1.82) is 0 Å². The van der Waals surface area contributed by atoms with Gasteiger partial charge in [0, 0.05) is 38.4 Å². The van der Waals surface area contributed by atoms with Gasteiger partial charge in [-0.2, -0.15) is 0 Å². The number of carbonyl (C=O) groups excluding carboxylic acids is 2. The summed E-state index contributed by atoms with van der Waals surface area (Å²) in [5.74, 6) is -1.07. The predicted octanol–water partition coefficient (Wildman–Crippen LogP) is 1.06. The van der Waals surface area contributed by atoms with Gasteiger partial charge in [0.1, 0.15) is 0 Å². The summed E-state index contributed by atoms with van der Waals surface area (Å²) in [7, 11) is -3.74. The van der Waals surface area contributed by atoms with E-state index in [1.165, 1.54) is 23.9 Å². The molecule has 0 aliphatic carbocycles. The summed E-state index contributed by atoms with van der Waals surface area (Å²) in [4.78, 5) is 28.0. The molecule has 4 rings (SSSR count). The molecule has 1 fully saturated rings. The van der Waals surface area contributed by atoms with Gasteiger partial charge in [-0.15, -0.1) is 0 Å². The highest BCUT2D eigenvalue weighted by Crippen LogP contribution is 2.20. The highest BCUT2D eigenvalue weighted by atomic mass is 32.2. The molecule has 0 aromatic heterocycles. The van der Waals surface area contributed by atoms with Crippen molar-refractivity contribution < 1.29 is 18.0 Å². The molecule has 2 N–H and O–H groups in total. The maximum atomic E-state index is 12.5. The van der Waals surface area contributed by atoms with Crippen LogP contribution >= 0.6 is 0 Å². The third-order valence-electron chi connectivity index (χ3n) is 5.45. The molecule has 2 amide bonds. The fourth-order valence-corrected chi connectivity index (χ4v) is 4.88.